The normalized spacial score (nSPS) is 10.3. The lowest BCUT2D eigenvalue weighted by atomic mass is 10.2. The van der Waals surface area contributed by atoms with Crippen LogP contribution in [0.1, 0.15) is 16.2 Å². The molecule has 1 aromatic carbocycles. The second-order valence-electron chi connectivity index (χ2n) is 3.92. The maximum absolute atomic E-state index is 11.0. The lowest BCUT2D eigenvalue weighted by Gasteiger charge is -2.12. The first-order chi connectivity index (χ1) is 9.74. The van der Waals surface area contributed by atoms with Gasteiger partial charge in [-0.2, -0.15) is 0 Å². The summed E-state index contributed by atoms with van der Waals surface area (Å²) in [6.45, 7) is 0.210. The zero-order valence-corrected chi connectivity index (χ0v) is 11.5. The smallest absolute Gasteiger partial charge is 0.172 e. The highest BCUT2D eigenvalue weighted by Gasteiger charge is 2.17. The molecule has 0 spiro atoms. The van der Waals surface area contributed by atoms with Crippen LogP contribution in [0.5, 0.6) is 11.5 Å². The van der Waals surface area contributed by atoms with E-state index in [4.69, 9.17) is 14.2 Å². The highest BCUT2D eigenvalue weighted by molar-refractivity contribution is 5.73. The average Bonchev–Trinajstić information content (AvgIpc) is 2.89. The van der Waals surface area contributed by atoms with Crippen LogP contribution in [-0.4, -0.2) is 42.6 Å². The van der Waals surface area contributed by atoms with Gasteiger partial charge in [0.15, 0.2) is 12.0 Å². The summed E-state index contributed by atoms with van der Waals surface area (Å²) < 4.78 is 17.1. The molecule has 2 aromatic rings. The monoisotopic (exact) mass is 277 g/mol. The summed E-state index contributed by atoms with van der Waals surface area (Å²) in [5, 5.41) is 7.81. The number of aldehydes is 1. The van der Waals surface area contributed by atoms with Gasteiger partial charge in [-0.15, -0.1) is 5.10 Å². The lowest BCUT2D eigenvalue weighted by molar-refractivity contribution is 0.111. The summed E-state index contributed by atoms with van der Waals surface area (Å²) in [5.41, 5.74) is 1.41. The molecule has 0 aliphatic rings. The van der Waals surface area contributed by atoms with Gasteiger partial charge in [-0.25, -0.2) is 4.68 Å². The van der Waals surface area contributed by atoms with Crippen LogP contribution in [-0.2, 0) is 11.3 Å². The van der Waals surface area contributed by atoms with Crippen LogP contribution in [0.2, 0.25) is 0 Å². The van der Waals surface area contributed by atoms with Crippen LogP contribution < -0.4 is 9.47 Å². The molecule has 0 aliphatic carbocycles. The van der Waals surface area contributed by atoms with E-state index in [0.717, 1.165) is 0 Å². The predicted molar refractivity (Wildman–Crippen MR) is 70.6 cm³/mol. The molecular weight excluding hydrogens is 262 g/mol. The Balaban J connectivity index is 2.60. The van der Waals surface area contributed by atoms with Crippen LogP contribution in [0.4, 0.5) is 0 Å². The van der Waals surface area contributed by atoms with Crippen molar-refractivity contribution >= 4 is 6.29 Å². The van der Waals surface area contributed by atoms with E-state index in [1.54, 1.807) is 32.4 Å². The van der Waals surface area contributed by atoms with Gasteiger partial charge in [-0.1, -0.05) is 5.21 Å². The molecule has 0 saturated heterocycles. The Kier molecular flexibility index (Phi) is 4.31. The third kappa shape index (κ3) is 2.48. The first-order valence-electron chi connectivity index (χ1n) is 5.86. The highest BCUT2D eigenvalue weighted by Crippen LogP contribution is 2.28. The van der Waals surface area contributed by atoms with Crippen LogP contribution in [0.25, 0.3) is 5.69 Å². The van der Waals surface area contributed by atoms with Crippen LogP contribution in [0, 0.1) is 0 Å². The van der Waals surface area contributed by atoms with Crippen LogP contribution in [0.3, 0.4) is 0 Å². The van der Waals surface area contributed by atoms with Gasteiger partial charge in [0.2, 0.25) is 0 Å². The number of aromatic nitrogens is 3. The van der Waals surface area contributed by atoms with Crippen molar-refractivity contribution < 1.29 is 19.0 Å². The van der Waals surface area contributed by atoms with Crippen molar-refractivity contribution in [3.05, 3.63) is 29.6 Å². The van der Waals surface area contributed by atoms with E-state index in [1.807, 2.05) is 0 Å². The number of benzene rings is 1. The van der Waals surface area contributed by atoms with E-state index >= 15 is 0 Å². The second kappa shape index (κ2) is 6.16. The SMILES string of the molecule is COCc1c(C=O)nnn1-c1cc(OC)ccc1OC. The van der Waals surface area contributed by atoms with Gasteiger partial charge in [-0.3, -0.25) is 4.79 Å². The summed E-state index contributed by atoms with van der Waals surface area (Å²) in [7, 11) is 4.66. The Morgan fingerprint density at radius 3 is 2.65 bits per heavy atom. The predicted octanol–water partition coefficient (Wildman–Crippen LogP) is 1.24. The van der Waals surface area contributed by atoms with E-state index in [9.17, 15) is 4.79 Å². The molecule has 1 heterocycles. The van der Waals surface area contributed by atoms with Gasteiger partial charge in [0.05, 0.1) is 20.8 Å². The van der Waals surface area contributed by atoms with Crippen LogP contribution >= 0.6 is 0 Å². The summed E-state index contributed by atoms with van der Waals surface area (Å²) in [4.78, 5) is 11.0. The summed E-state index contributed by atoms with van der Waals surface area (Å²) in [5.74, 6) is 1.23. The molecule has 0 saturated carbocycles. The minimum absolute atomic E-state index is 0.210. The number of ether oxygens (including phenoxy) is 3. The minimum Gasteiger partial charge on any atom is -0.497 e. The fourth-order valence-electron chi connectivity index (χ4n) is 1.83. The van der Waals surface area contributed by atoms with Crippen molar-refractivity contribution in [3.63, 3.8) is 0 Å². The molecule has 2 rings (SSSR count). The minimum atomic E-state index is 0.210. The van der Waals surface area contributed by atoms with Gasteiger partial charge >= 0.3 is 0 Å². The molecule has 0 unspecified atom stereocenters. The number of hydrogen-bond donors (Lipinski definition) is 0. The molecule has 1 aromatic heterocycles. The first kappa shape index (κ1) is 14.0. The highest BCUT2D eigenvalue weighted by atomic mass is 16.5. The van der Waals surface area contributed by atoms with E-state index in [0.29, 0.717) is 29.2 Å². The topological polar surface area (TPSA) is 75.5 Å². The Hall–Kier alpha value is -2.41. The van der Waals surface area contributed by atoms with Gasteiger partial charge in [0.25, 0.3) is 0 Å². The number of nitrogens with zero attached hydrogens (tertiary/aromatic N) is 3. The maximum Gasteiger partial charge on any atom is 0.172 e. The molecule has 20 heavy (non-hydrogen) atoms. The second-order valence-corrected chi connectivity index (χ2v) is 3.92. The van der Waals surface area contributed by atoms with Crippen molar-refractivity contribution in [3.8, 4) is 17.2 Å². The molecule has 0 bridgehead atoms. The van der Waals surface area contributed by atoms with E-state index in [2.05, 4.69) is 10.3 Å². The van der Waals surface area contributed by atoms with E-state index in [-0.39, 0.29) is 12.3 Å². The third-order valence-corrected chi connectivity index (χ3v) is 2.80. The number of carbonyl (C=O) groups excluding carboxylic acids is 1. The molecule has 0 radical (unpaired) electrons. The summed E-state index contributed by atoms with van der Waals surface area (Å²) >= 11 is 0. The number of methoxy groups -OCH3 is 3. The zero-order valence-electron chi connectivity index (χ0n) is 11.5. The Morgan fingerprint density at radius 1 is 1.25 bits per heavy atom. The van der Waals surface area contributed by atoms with E-state index in [1.165, 1.54) is 11.8 Å². The van der Waals surface area contributed by atoms with Crippen molar-refractivity contribution in [2.24, 2.45) is 0 Å². The number of hydrogen-bond acceptors (Lipinski definition) is 6. The van der Waals surface area contributed by atoms with Gasteiger partial charge < -0.3 is 14.2 Å². The lowest BCUT2D eigenvalue weighted by Crippen LogP contribution is -2.07. The van der Waals surface area contributed by atoms with Gasteiger partial charge in [0, 0.05) is 13.2 Å². The zero-order chi connectivity index (χ0) is 14.5. The Morgan fingerprint density at radius 2 is 2.05 bits per heavy atom. The molecule has 0 N–H and O–H groups in total. The van der Waals surface area contributed by atoms with Crippen molar-refractivity contribution in [1.29, 1.82) is 0 Å². The molecule has 7 nitrogen and oxygen atoms in total. The quantitative estimate of drug-likeness (QED) is 0.739. The molecular formula is C13H15N3O4. The standard InChI is InChI=1S/C13H15N3O4/c1-18-8-12-10(7-17)14-15-16(12)11-6-9(19-2)4-5-13(11)20-3/h4-7H,8H2,1-3H3. The largest absolute Gasteiger partial charge is 0.497 e. The Labute approximate surface area is 116 Å². The van der Waals surface area contributed by atoms with Crippen molar-refractivity contribution in [1.82, 2.24) is 15.0 Å². The fourth-order valence-corrected chi connectivity index (χ4v) is 1.83. The number of carbonyl (C=O) groups is 1. The molecule has 7 heteroatoms. The number of rotatable bonds is 6. The molecule has 0 aliphatic heterocycles. The molecule has 0 fully saturated rings. The molecule has 106 valence electrons. The van der Waals surface area contributed by atoms with Gasteiger partial charge in [-0.05, 0) is 12.1 Å². The van der Waals surface area contributed by atoms with Crippen LogP contribution in [0.15, 0.2) is 18.2 Å². The molecule has 0 atom stereocenters. The van der Waals surface area contributed by atoms with Gasteiger partial charge in [0.1, 0.15) is 22.9 Å². The van der Waals surface area contributed by atoms with Crippen molar-refractivity contribution in [2.45, 2.75) is 6.61 Å². The first-order valence-corrected chi connectivity index (χ1v) is 5.86. The average molecular weight is 277 g/mol. The summed E-state index contributed by atoms with van der Waals surface area (Å²) in [6.07, 6.45) is 0.643. The Bertz CT molecular complexity index is 610. The van der Waals surface area contributed by atoms with Crippen molar-refractivity contribution in [2.75, 3.05) is 21.3 Å². The molecule has 0 amide bonds. The maximum atomic E-state index is 11.0. The summed E-state index contributed by atoms with van der Waals surface area (Å²) in [6, 6.07) is 5.28. The third-order valence-electron chi connectivity index (χ3n) is 2.80. The fraction of sp³-hybridized carbons (Fsp3) is 0.308. The van der Waals surface area contributed by atoms with E-state index < -0.39 is 0 Å².